The molecule has 1 aliphatic heterocycles. The molecule has 2 atom stereocenters. The lowest BCUT2D eigenvalue weighted by molar-refractivity contribution is 0.374. The molecule has 1 fully saturated rings. The van der Waals surface area contributed by atoms with Crippen LogP contribution >= 0.6 is 0 Å². The Labute approximate surface area is 140 Å². The average Bonchev–Trinajstić information content (AvgIpc) is 3.35. The minimum atomic E-state index is 0.511. The van der Waals surface area contributed by atoms with E-state index < -0.39 is 0 Å². The van der Waals surface area contributed by atoms with E-state index in [2.05, 4.69) is 20.3 Å². The zero-order chi connectivity index (χ0) is 15.9. The van der Waals surface area contributed by atoms with Crippen LogP contribution in [-0.4, -0.2) is 12.7 Å². The molecule has 0 bridgehead atoms. The summed E-state index contributed by atoms with van der Waals surface area (Å²) in [5, 5.41) is 0. The van der Waals surface area contributed by atoms with Gasteiger partial charge in [-0.25, -0.2) is 0 Å². The monoisotopic (exact) mass is 309 g/mol. The van der Waals surface area contributed by atoms with Crippen LogP contribution in [0.5, 0.6) is 0 Å². The van der Waals surface area contributed by atoms with Crippen molar-refractivity contribution in [1.82, 2.24) is 0 Å². The molecule has 0 aromatic rings. The maximum absolute atomic E-state index is 5.34. The first-order valence-corrected chi connectivity index (χ1v) is 10.3. The Morgan fingerprint density at radius 1 is 0.773 bits per heavy atom. The molecule has 0 amide bonds. The first kappa shape index (κ1) is 20.0. The van der Waals surface area contributed by atoms with E-state index in [1.54, 1.807) is 0 Å². The van der Waals surface area contributed by atoms with Crippen LogP contribution in [0.25, 0.3) is 0 Å². The molecule has 1 heterocycles. The lowest BCUT2D eigenvalue weighted by atomic mass is 9.90. The van der Waals surface area contributed by atoms with Crippen LogP contribution < -0.4 is 0 Å². The first-order valence-electron chi connectivity index (χ1n) is 10.3. The van der Waals surface area contributed by atoms with Crippen molar-refractivity contribution in [1.29, 1.82) is 0 Å². The fraction of sp³-hybridized carbons (Fsp3) is 0.952. The first-order chi connectivity index (χ1) is 10.9. The van der Waals surface area contributed by atoms with E-state index in [-0.39, 0.29) is 0 Å². The van der Waals surface area contributed by atoms with Gasteiger partial charge in [-0.2, -0.15) is 0 Å². The summed E-state index contributed by atoms with van der Waals surface area (Å²) < 4.78 is 5.34. The largest absolute Gasteiger partial charge is 0.373 e. The highest BCUT2D eigenvalue weighted by Gasteiger charge is 2.23. The third-order valence-electron chi connectivity index (χ3n) is 5.02. The molecule has 0 aromatic heterocycles. The molecule has 2 unspecified atom stereocenters. The summed E-state index contributed by atoms with van der Waals surface area (Å²) >= 11 is 0. The minimum absolute atomic E-state index is 0.511. The maximum Gasteiger partial charge on any atom is 0.0841 e. The van der Waals surface area contributed by atoms with E-state index in [1.165, 1.54) is 96.3 Å². The van der Waals surface area contributed by atoms with Gasteiger partial charge in [0.05, 0.1) is 12.7 Å². The zero-order valence-electron chi connectivity index (χ0n) is 15.5. The summed E-state index contributed by atoms with van der Waals surface area (Å²) in [7, 11) is 0. The van der Waals surface area contributed by atoms with Crippen molar-refractivity contribution in [3.05, 3.63) is 6.42 Å². The van der Waals surface area contributed by atoms with Gasteiger partial charge in [0.15, 0.2) is 0 Å². The van der Waals surface area contributed by atoms with Crippen molar-refractivity contribution in [3.63, 3.8) is 0 Å². The summed E-state index contributed by atoms with van der Waals surface area (Å²) in [5.41, 5.74) is 0. The van der Waals surface area contributed by atoms with Crippen molar-refractivity contribution in [2.45, 2.75) is 116 Å². The Bertz CT molecular complexity index is 222. The normalized spacial score (nSPS) is 18.5. The van der Waals surface area contributed by atoms with E-state index >= 15 is 0 Å². The molecule has 0 saturated carbocycles. The number of hydrogen-bond acceptors (Lipinski definition) is 1. The highest BCUT2D eigenvalue weighted by molar-refractivity contribution is 4.87. The molecule has 1 heteroatoms. The molecule has 22 heavy (non-hydrogen) atoms. The molecule has 1 saturated heterocycles. The summed E-state index contributed by atoms with van der Waals surface area (Å²) in [6, 6.07) is 0. The minimum Gasteiger partial charge on any atom is -0.373 e. The third kappa shape index (κ3) is 12.5. The van der Waals surface area contributed by atoms with E-state index in [0.717, 1.165) is 12.5 Å². The number of rotatable bonds is 17. The van der Waals surface area contributed by atoms with Crippen LogP contribution in [0.1, 0.15) is 110 Å². The van der Waals surface area contributed by atoms with Crippen LogP contribution in [-0.2, 0) is 4.74 Å². The van der Waals surface area contributed by atoms with Crippen molar-refractivity contribution >= 4 is 0 Å². The standard InChI is InChI=1S/C21H41O/c1-3-5-7-9-10-12-14-16-20(17-18-21-19-22-21)15-13-11-8-6-4-2/h18,20-21H,3-17,19H2,1-2H3. The van der Waals surface area contributed by atoms with Crippen LogP contribution in [0.2, 0.25) is 0 Å². The van der Waals surface area contributed by atoms with Crippen LogP contribution in [0, 0.1) is 12.3 Å². The van der Waals surface area contributed by atoms with Gasteiger partial charge in [0.25, 0.3) is 0 Å². The second-order valence-corrected chi connectivity index (χ2v) is 7.32. The van der Waals surface area contributed by atoms with Crippen molar-refractivity contribution in [3.8, 4) is 0 Å². The predicted molar refractivity (Wildman–Crippen MR) is 98.1 cm³/mol. The van der Waals surface area contributed by atoms with Crippen molar-refractivity contribution < 1.29 is 4.74 Å². The van der Waals surface area contributed by atoms with Crippen LogP contribution in [0.3, 0.4) is 0 Å². The molecule has 1 aliphatic rings. The number of hydrogen-bond donors (Lipinski definition) is 0. The predicted octanol–water partition coefficient (Wildman–Crippen LogP) is 7.10. The van der Waals surface area contributed by atoms with Gasteiger partial charge >= 0.3 is 0 Å². The van der Waals surface area contributed by atoms with E-state index in [9.17, 15) is 0 Å². The fourth-order valence-electron chi connectivity index (χ4n) is 3.34. The molecule has 0 aliphatic carbocycles. The Morgan fingerprint density at radius 3 is 1.68 bits per heavy atom. The molecule has 131 valence electrons. The lowest BCUT2D eigenvalue weighted by Crippen LogP contribution is -2.04. The lowest BCUT2D eigenvalue weighted by Gasteiger charge is -2.16. The Morgan fingerprint density at radius 2 is 1.23 bits per heavy atom. The number of epoxide rings is 1. The quantitative estimate of drug-likeness (QED) is 0.206. The van der Waals surface area contributed by atoms with Gasteiger partial charge < -0.3 is 4.74 Å². The van der Waals surface area contributed by atoms with Gasteiger partial charge in [-0.05, 0) is 18.8 Å². The SMILES string of the molecule is CCCCCCCCCC(C[CH]C1CO1)CCCCCCC. The van der Waals surface area contributed by atoms with Gasteiger partial charge in [0, 0.05) is 0 Å². The van der Waals surface area contributed by atoms with E-state index in [4.69, 9.17) is 4.74 Å². The number of unbranched alkanes of at least 4 members (excludes halogenated alkanes) is 10. The van der Waals surface area contributed by atoms with E-state index in [0.29, 0.717) is 6.10 Å². The summed E-state index contributed by atoms with van der Waals surface area (Å²) in [5.74, 6) is 0.932. The van der Waals surface area contributed by atoms with Gasteiger partial charge in [-0.3, -0.25) is 0 Å². The molecule has 1 rings (SSSR count). The molecule has 1 radical (unpaired) electrons. The smallest absolute Gasteiger partial charge is 0.0841 e. The molecule has 0 N–H and O–H groups in total. The molecular formula is C21H41O. The molecule has 0 spiro atoms. The summed E-state index contributed by atoms with van der Waals surface area (Å²) in [6.07, 6.45) is 24.3. The van der Waals surface area contributed by atoms with Gasteiger partial charge in [0.1, 0.15) is 0 Å². The second kappa shape index (κ2) is 14.5. The van der Waals surface area contributed by atoms with Gasteiger partial charge in [0.2, 0.25) is 0 Å². The molecular weight excluding hydrogens is 268 g/mol. The molecule has 0 aromatic carbocycles. The Hall–Kier alpha value is -0.0400. The van der Waals surface area contributed by atoms with Crippen LogP contribution in [0.4, 0.5) is 0 Å². The van der Waals surface area contributed by atoms with Crippen molar-refractivity contribution in [2.75, 3.05) is 6.61 Å². The zero-order valence-corrected chi connectivity index (χ0v) is 15.5. The molecule has 1 nitrogen and oxygen atoms in total. The topological polar surface area (TPSA) is 12.5 Å². The van der Waals surface area contributed by atoms with Crippen LogP contribution in [0.15, 0.2) is 0 Å². The number of ether oxygens (including phenoxy) is 1. The average molecular weight is 310 g/mol. The highest BCUT2D eigenvalue weighted by atomic mass is 16.6. The second-order valence-electron chi connectivity index (χ2n) is 7.32. The van der Waals surface area contributed by atoms with E-state index in [1.807, 2.05) is 0 Å². The Balaban J connectivity index is 2.00. The maximum atomic E-state index is 5.34. The summed E-state index contributed by atoms with van der Waals surface area (Å²) in [4.78, 5) is 0. The highest BCUT2D eigenvalue weighted by Crippen LogP contribution is 2.26. The van der Waals surface area contributed by atoms with Gasteiger partial charge in [-0.1, -0.05) is 104 Å². The Kier molecular flexibility index (Phi) is 13.2. The van der Waals surface area contributed by atoms with Crippen molar-refractivity contribution in [2.24, 2.45) is 5.92 Å². The van der Waals surface area contributed by atoms with Gasteiger partial charge in [-0.15, -0.1) is 0 Å². The fourth-order valence-corrected chi connectivity index (χ4v) is 3.34. The third-order valence-corrected chi connectivity index (χ3v) is 5.02. The summed E-state index contributed by atoms with van der Waals surface area (Å²) in [6.45, 7) is 5.58.